The van der Waals surface area contributed by atoms with Gasteiger partial charge in [-0.25, -0.2) is 0 Å². The lowest BCUT2D eigenvalue weighted by atomic mass is 9.86. The highest BCUT2D eigenvalue weighted by Crippen LogP contribution is 2.52. The van der Waals surface area contributed by atoms with Gasteiger partial charge in [-0.1, -0.05) is 139 Å². The second kappa shape index (κ2) is 9.56. The smallest absolute Gasteiger partial charge is 0.0207 e. The van der Waals surface area contributed by atoms with E-state index in [1.165, 1.54) is 97.4 Å². The number of benzene rings is 9. The van der Waals surface area contributed by atoms with Crippen LogP contribution in [0.4, 0.5) is 0 Å². The van der Waals surface area contributed by atoms with Crippen LogP contribution >= 0.6 is 11.8 Å². The van der Waals surface area contributed by atoms with Gasteiger partial charge in [0.25, 0.3) is 0 Å². The lowest BCUT2D eigenvalue weighted by Crippen LogP contribution is -1.96. The minimum atomic E-state index is 1.23. The van der Waals surface area contributed by atoms with E-state index in [-0.39, 0.29) is 0 Å². The van der Waals surface area contributed by atoms with Gasteiger partial charge in [-0.15, -0.1) is 0 Å². The predicted octanol–water partition coefficient (Wildman–Crippen LogP) is 12.9. The molecule has 1 heterocycles. The molecule has 1 aliphatic rings. The number of fused-ring (bicyclic) bond motifs is 2. The summed E-state index contributed by atoms with van der Waals surface area (Å²) in [6.45, 7) is 0. The molecule has 0 N–H and O–H groups in total. The van der Waals surface area contributed by atoms with Gasteiger partial charge in [-0.05, 0) is 107 Å². The fourth-order valence-electron chi connectivity index (χ4n) is 7.58. The summed E-state index contributed by atoms with van der Waals surface area (Å²) in [5.74, 6) is 0. The van der Waals surface area contributed by atoms with Crippen LogP contribution in [0.3, 0.4) is 0 Å². The predicted molar refractivity (Wildman–Crippen MR) is 194 cm³/mol. The Morgan fingerprint density at radius 1 is 0.311 bits per heavy atom. The quantitative estimate of drug-likeness (QED) is 0.186. The fraction of sp³-hybridized carbons (Fsp3) is 0. The third-order valence-corrected chi connectivity index (χ3v) is 10.7. The molecule has 0 spiro atoms. The maximum Gasteiger partial charge on any atom is 0.0207 e. The number of hydrogen-bond acceptors (Lipinski definition) is 1. The summed E-state index contributed by atoms with van der Waals surface area (Å²) in [6.07, 6.45) is 0. The van der Waals surface area contributed by atoms with Crippen molar-refractivity contribution in [3.8, 4) is 44.5 Å². The Kier molecular flexibility index (Phi) is 5.31. The SMILES string of the molecule is c1ccc(-c2cc(-c3cccc4c3-c3cccc5cccc(c35)S4)cc(-c3ccc4ccc5cccc6ccc3c4c56)c2)cc1. The first-order valence-electron chi connectivity index (χ1n) is 15.5. The van der Waals surface area contributed by atoms with Crippen molar-refractivity contribution in [2.75, 3.05) is 0 Å². The second-order valence-electron chi connectivity index (χ2n) is 12.1. The van der Waals surface area contributed by atoms with E-state index in [0.717, 1.165) is 0 Å². The first-order chi connectivity index (χ1) is 22.3. The van der Waals surface area contributed by atoms with Crippen LogP contribution in [0.5, 0.6) is 0 Å². The third kappa shape index (κ3) is 3.75. The maximum absolute atomic E-state index is 2.42. The molecule has 0 fully saturated rings. The molecule has 0 unspecified atom stereocenters. The van der Waals surface area contributed by atoms with Crippen molar-refractivity contribution in [3.05, 3.63) is 158 Å². The largest absolute Gasteiger partial charge is 0.0888 e. The van der Waals surface area contributed by atoms with Crippen molar-refractivity contribution in [1.29, 1.82) is 0 Å². The summed E-state index contributed by atoms with van der Waals surface area (Å²) >= 11 is 1.89. The Balaban J connectivity index is 1.27. The molecule has 10 rings (SSSR count). The van der Waals surface area contributed by atoms with Crippen molar-refractivity contribution in [3.63, 3.8) is 0 Å². The summed E-state index contributed by atoms with van der Waals surface area (Å²) in [5, 5.41) is 10.5. The Bertz CT molecular complexity index is 2590. The first-order valence-corrected chi connectivity index (χ1v) is 16.3. The highest BCUT2D eigenvalue weighted by Gasteiger charge is 2.23. The molecule has 1 aliphatic heterocycles. The summed E-state index contributed by atoms with van der Waals surface area (Å²) < 4.78 is 0. The van der Waals surface area contributed by atoms with Crippen molar-refractivity contribution >= 4 is 54.9 Å². The van der Waals surface area contributed by atoms with Gasteiger partial charge < -0.3 is 0 Å². The van der Waals surface area contributed by atoms with Gasteiger partial charge in [0.1, 0.15) is 0 Å². The van der Waals surface area contributed by atoms with E-state index in [0.29, 0.717) is 0 Å². The van der Waals surface area contributed by atoms with E-state index in [2.05, 4.69) is 158 Å². The van der Waals surface area contributed by atoms with Crippen molar-refractivity contribution < 1.29 is 0 Å². The van der Waals surface area contributed by atoms with Crippen molar-refractivity contribution in [2.24, 2.45) is 0 Å². The van der Waals surface area contributed by atoms with Crippen molar-refractivity contribution in [1.82, 2.24) is 0 Å². The average molecular weight is 587 g/mol. The molecule has 1 heteroatoms. The highest BCUT2D eigenvalue weighted by atomic mass is 32.2. The minimum absolute atomic E-state index is 1.23. The van der Waals surface area contributed by atoms with Gasteiger partial charge in [0.05, 0.1) is 0 Å². The van der Waals surface area contributed by atoms with Gasteiger partial charge >= 0.3 is 0 Å². The van der Waals surface area contributed by atoms with Crippen LogP contribution in [0.2, 0.25) is 0 Å². The molecular weight excluding hydrogens is 561 g/mol. The molecule has 0 aromatic heterocycles. The van der Waals surface area contributed by atoms with Gasteiger partial charge in [0.15, 0.2) is 0 Å². The monoisotopic (exact) mass is 586 g/mol. The fourth-order valence-corrected chi connectivity index (χ4v) is 8.76. The van der Waals surface area contributed by atoms with E-state index in [1.807, 2.05) is 11.8 Å². The van der Waals surface area contributed by atoms with Crippen LogP contribution in [-0.4, -0.2) is 0 Å². The molecule has 45 heavy (non-hydrogen) atoms. The molecule has 0 aliphatic carbocycles. The topological polar surface area (TPSA) is 0 Å². The van der Waals surface area contributed by atoms with Gasteiger partial charge in [0, 0.05) is 20.7 Å². The second-order valence-corrected chi connectivity index (χ2v) is 13.2. The molecule has 0 atom stereocenters. The molecule has 9 aromatic rings. The zero-order chi connectivity index (χ0) is 29.5. The number of rotatable bonds is 3. The van der Waals surface area contributed by atoms with Crippen LogP contribution in [0.25, 0.3) is 87.6 Å². The zero-order valence-corrected chi connectivity index (χ0v) is 25.2. The molecule has 0 radical (unpaired) electrons. The van der Waals surface area contributed by atoms with Crippen molar-refractivity contribution in [2.45, 2.75) is 9.79 Å². The molecule has 0 saturated heterocycles. The van der Waals surface area contributed by atoms with Gasteiger partial charge in [0.2, 0.25) is 0 Å². The van der Waals surface area contributed by atoms with E-state index in [4.69, 9.17) is 0 Å². The molecular formula is C44H26S. The van der Waals surface area contributed by atoms with Crippen LogP contribution in [0.1, 0.15) is 0 Å². The Morgan fingerprint density at radius 3 is 1.71 bits per heavy atom. The number of hydrogen-bond donors (Lipinski definition) is 0. The van der Waals surface area contributed by atoms with Crippen LogP contribution in [0, 0.1) is 0 Å². The summed E-state index contributed by atoms with van der Waals surface area (Å²) in [6, 6.07) is 58.6. The van der Waals surface area contributed by atoms with Crippen LogP contribution in [-0.2, 0) is 0 Å². The van der Waals surface area contributed by atoms with Crippen LogP contribution in [0.15, 0.2) is 168 Å². The molecule has 0 amide bonds. The lowest BCUT2D eigenvalue weighted by molar-refractivity contribution is 1.39. The normalized spacial score (nSPS) is 12.4. The van der Waals surface area contributed by atoms with E-state index < -0.39 is 0 Å². The summed E-state index contributed by atoms with van der Waals surface area (Å²) in [4.78, 5) is 2.65. The standard InChI is InChI=1S/C44H26S/c1-2-8-27(9-3-1)32-24-33(35-22-20-31-19-18-29-10-4-11-30-21-23-37(35)43(31)41(29)30)26-34(25-32)36-14-7-17-40-44(36)38-15-5-12-28-13-6-16-39(45-40)42(28)38/h1-26H. The molecule has 208 valence electrons. The Labute approximate surface area is 265 Å². The molecule has 9 aromatic carbocycles. The molecule has 0 saturated carbocycles. The van der Waals surface area contributed by atoms with E-state index in [9.17, 15) is 0 Å². The van der Waals surface area contributed by atoms with Gasteiger partial charge in [-0.3, -0.25) is 0 Å². The third-order valence-electron chi connectivity index (χ3n) is 9.57. The average Bonchev–Trinajstić information content (AvgIpc) is 3.11. The van der Waals surface area contributed by atoms with E-state index in [1.54, 1.807) is 0 Å². The maximum atomic E-state index is 2.42. The highest BCUT2D eigenvalue weighted by molar-refractivity contribution is 7.99. The Hall–Kier alpha value is -5.37. The van der Waals surface area contributed by atoms with Crippen LogP contribution < -0.4 is 0 Å². The molecule has 0 bridgehead atoms. The lowest BCUT2D eigenvalue weighted by Gasteiger charge is -2.23. The van der Waals surface area contributed by atoms with Gasteiger partial charge in [-0.2, -0.15) is 0 Å². The van der Waals surface area contributed by atoms with E-state index >= 15 is 0 Å². The molecule has 0 nitrogen and oxygen atoms in total. The minimum Gasteiger partial charge on any atom is -0.0888 e. The summed E-state index contributed by atoms with van der Waals surface area (Å²) in [7, 11) is 0. The first kappa shape index (κ1) is 25.0. The Morgan fingerprint density at radius 2 is 0.889 bits per heavy atom. The summed E-state index contributed by atoms with van der Waals surface area (Å²) in [5.41, 5.74) is 10.1. The zero-order valence-electron chi connectivity index (χ0n) is 24.4.